The third-order valence-electron chi connectivity index (χ3n) is 3.62. The summed E-state index contributed by atoms with van der Waals surface area (Å²) in [7, 11) is 1.61. The highest BCUT2D eigenvalue weighted by molar-refractivity contribution is 5.73. The molecule has 1 saturated heterocycles. The molecule has 1 aliphatic heterocycles. The van der Waals surface area contributed by atoms with E-state index in [4.69, 9.17) is 4.74 Å². The molecule has 20 heavy (non-hydrogen) atoms. The van der Waals surface area contributed by atoms with E-state index in [9.17, 15) is 9.90 Å². The lowest BCUT2D eigenvalue weighted by molar-refractivity contribution is -0.119. The van der Waals surface area contributed by atoms with Crippen LogP contribution in [0, 0.1) is 0 Å². The van der Waals surface area contributed by atoms with Crippen LogP contribution in [0.4, 0.5) is 5.69 Å². The third-order valence-corrected chi connectivity index (χ3v) is 3.62. The summed E-state index contributed by atoms with van der Waals surface area (Å²) in [5, 5.41) is 13.0. The van der Waals surface area contributed by atoms with E-state index in [-0.39, 0.29) is 11.9 Å². The Kier molecular flexibility index (Phi) is 4.49. The lowest BCUT2D eigenvalue weighted by Gasteiger charge is -2.25. The second-order valence-corrected chi connectivity index (χ2v) is 5.20. The van der Waals surface area contributed by atoms with E-state index in [1.54, 1.807) is 14.0 Å². The van der Waals surface area contributed by atoms with Crippen LogP contribution in [0.15, 0.2) is 18.2 Å². The van der Waals surface area contributed by atoms with Crippen LogP contribution >= 0.6 is 0 Å². The monoisotopic (exact) mass is 278 g/mol. The highest BCUT2D eigenvalue weighted by atomic mass is 16.5. The van der Waals surface area contributed by atoms with Gasteiger partial charge in [-0.3, -0.25) is 4.79 Å². The molecule has 1 aliphatic rings. The van der Waals surface area contributed by atoms with Crippen LogP contribution < -0.4 is 15.0 Å². The normalized spacial score (nSPS) is 19.8. The Morgan fingerprint density at radius 3 is 2.90 bits per heavy atom. The van der Waals surface area contributed by atoms with Gasteiger partial charge in [-0.05, 0) is 25.5 Å². The minimum Gasteiger partial charge on any atom is -0.496 e. The van der Waals surface area contributed by atoms with Gasteiger partial charge in [0, 0.05) is 37.3 Å². The third kappa shape index (κ3) is 3.04. The maximum Gasteiger partial charge on any atom is 0.217 e. The molecule has 0 aromatic heterocycles. The number of carbonyl (C=O) groups is 1. The number of ether oxygens (including phenoxy) is 1. The largest absolute Gasteiger partial charge is 0.496 e. The first-order chi connectivity index (χ1) is 9.52. The number of amides is 1. The molecule has 110 valence electrons. The maximum atomic E-state index is 11.1. The molecule has 1 aromatic carbocycles. The fourth-order valence-electron chi connectivity index (χ4n) is 2.79. The summed E-state index contributed by atoms with van der Waals surface area (Å²) in [6.07, 6.45) is 0.316. The van der Waals surface area contributed by atoms with Gasteiger partial charge in [0.25, 0.3) is 0 Å². The van der Waals surface area contributed by atoms with Crippen molar-refractivity contribution < 1.29 is 14.6 Å². The molecule has 0 radical (unpaired) electrons. The van der Waals surface area contributed by atoms with E-state index < -0.39 is 6.10 Å². The number of hydrogen-bond donors (Lipinski definition) is 2. The lowest BCUT2D eigenvalue weighted by Crippen LogP contribution is -2.35. The molecule has 1 fully saturated rings. The van der Waals surface area contributed by atoms with E-state index in [2.05, 4.69) is 10.2 Å². The number of nitrogens with one attached hydrogen (secondary N) is 1. The zero-order chi connectivity index (χ0) is 14.7. The minimum atomic E-state index is -0.596. The standard InChI is InChI=1S/C15H22N2O3/c1-10(18)15-13(5-4-6-14(15)20-3)17-8-7-12(9-17)16-11(2)19/h4-6,10,12,18H,7-9H2,1-3H3,(H,16,19)/t10-,12?/m1/s1. The number of rotatable bonds is 4. The van der Waals surface area contributed by atoms with Gasteiger partial charge in [-0.2, -0.15) is 0 Å². The lowest BCUT2D eigenvalue weighted by atomic mass is 10.1. The molecule has 0 bridgehead atoms. The Bertz CT molecular complexity index is 488. The first-order valence-corrected chi connectivity index (χ1v) is 6.90. The van der Waals surface area contributed by atoms with Crippen LogP contribution in [0.25, 0.3) is 0 Å². The number of benzene rings is 1. The topological polar surface area (TPSA) is 61.8 Å². The molecule has 5 heteroatoms. The molecule has 2 atom stereocenters. The molecular weight excluding hydrogens is 256 g/mol. The SMILES string of the molecule is COc1cccc(N2CCC(NC(C)=O)C2)c1[C@@H](C)O. The summed E-state index contributed by atoms with van der Waals surface area (Å²) in [5.41, 5.74) is 1.78. The average Bonchev–Trinajstić information content (AvgIpc) is 2.85. The number of aliphatic hydroxyl groups excluding tert-OH is 1. The Labute approximate surface area is 119 Å². The fourth-order valence-corrected chi connectivity index (χ4v) is 2.79. The molecule has 0 spiro atoms. The minimum absolute atomic E-state index is 0.00163. The van der Waals surface area contributed by atoms with E-state index in [0.717, 1.165) is 30.8 Å². The van der Waals surface area contributed by atoms with Gasteiger partial charge in [0.1, 0.15) is 5.75 Å². The molecule has 1 unspecified atom stereocenters. The molecule has 1 heterocycles. The van der Waals surface area contributed by atoms with Crippen molar-refractivity contribution >= 4 is 11.6 Å². The van der Waals surface area contributed by atoms with Crippen LogP contribution in [0.1, 0.15) is 31.9 Å². The fraction of sp³-hybridized carbons (Fsp3) is 0.533. The van der Waals surface area contributed by atoms with Crippen molar-refractivity contribution in [2.24, 2.45) is 0 Å². The van der Waals surface area contributed by atoms with E-state index in [1.807, 2.05) is 18.2 Å². The number of methoxy groups -OCH3 is 1. The number of carbonyl (C=O) groups excluding carboxylic acids is 1. The van der Waals surface area contributed by atoms with Crippen molar-refractivity contribution in [2.75, 3.05) is 25.1 Å². The van der Waals surface area contributed by atoms with Gasteiger partial charge < -0.3 is 20.1 Å². The van der Waals surface area contributed by atoms with Gasteiger partial charge in [-0.1, -0.05) is 6.07 Å². The summed E-state index contributed by atoms with van der Waals surface area (Å²) in [4.78, 5) is 13.3. The Morgan fingerprint density at radius 1 is 1.55 bits per heavy atom. The van der Waals surface area contributed by atoms with Gasteiger partial charge in [0.05, 0.1) is 13.2 Å². The molecule has 0 saturated carbocycles. The van der Waals surface area contributed by atoms with Crippen molar-refractivity contribution in [3.8, 4) is 5.75 Å². The van der Waals surface area contributed by atoms with Crippen molar-refractivity contribution in [3.63, 3.8) is 0 Å². The second kappa shape index (κ2) is 6.13. The Balaban J connectivity index is 2.23. The van der Waals surface area contributed by atoms with Crippen LogP contribution in [0.3, 0.4) is 0 Å². The van der Waals surface area contributed by atoms with Crippen molar-refractivity contribution in [3.05, 3.63) is 23.8 Å². The molecule has 5 nitrogen and oxygen atoms in total. The average molecular weight is 278 g/mol. The van der Waals surface area contributed by atoms with Crippen LogP contribution in [0.2, 0.25) is 0 Å². The van der Waals surface area contributed by atoms with Crippen LogP contribution in [0.5, 0.6) is 5.75 Å². The smallest absolute Gasteiger partial charge is 0.217 e. The summed E-state index contributed by atoms with van der Waals surface area (Å²) >= 11 is 0. The first kappa shape index (κ1) is 14.7. The van der Waals surface area contributed by atoms with Crippen LogP contribution in [-0.2, 0) is 4.79 Å². The predicted molar refractivity (Wildman–Crippen MR) is 78.1 cm³/mol. The summed E-state index contributed by atoms with van der Waals surface area (Å²) in [6.45, 7) is 4.89. The maximum absolute atomic E-state index is 11.1. The first-order valence-electron chi connectivity index (χ1n) is 6.90. The van der Waals surface area contributed by atoms with Gasteiger partial charge in [-0.25, -0.2) is 0 Å². The number of nitrogens with zero attached hydrogens (tertiary/aromatic N) is 1. The van der Waals surface area contributed by atoms with Gasteiger partial charge in [-0.15, -0.1) is 0 Å². The quantitative estimate of drug-likeness (QED) is 0.875. The summed E-state index contributed by atoms with van der Waals surface area (Å²) in [6, 6.07) is 5.93. The molecule has 1 aromatic rings. The molecule has 1 amide bonds. The number of aliphatic hydroxyl groups is 1. The van der Waals surface area contributed by atoms with Crippen molar-refractivity contribution in [1.82, 2.24) is 5.32 Å². The zero-order valence-electron chi connectivity index (χ0n) is 12.2. The number of anilines is 1. The Hall–Kier alpha value is -1.75. The van der Waals surface area contributed by atoms with Gasteiger partial charge >= 0.3 is 0 Å². The van der Waals surface area contributed by atoms with Crippen molar-refractivity contribution in [1.29, 1.82) is 0 Å². The van der Waals surface area contributed by atoms with E-state index in [0.29, 0.717) is 5.75 Å². The predicted octanol–water partition coefficient (Wildman–Crippen LogP) is 1.46. The highest BCUT2D eigenvalue weighted by Crippen LogP contribution is 2.35. The van der Waals surface area contributed by atoms with E-state index >= 15 is 0 Å². The summed E-state index contributed by atoms with van der Waals surface area (Å²) in [5.74, 6) is 0.693. The molecule has 2 rings (SSSR count). The summed E-state index contributed by atoms with van der Waals surface area (Å²) < 4.78 is 5.34. The second-order valence-electron chi connectivity index (χ2n) is 5.20. The van der Waals surface area contributed by atoms with E-state index in [1.165, 1.54) is 6.92 Å². The highest BCUT2D eigenvalue weighted by Gasteiger charge is 2.26. The van der Waals surface area contributed by atoms with Crippen molar-refractivity contribution in [2.45, 2.75) is 32.4 Å². The van der Waals surface area contributed by atoms with Gasteiger partial charge in [0.2, 0.25) is 5.91 Å². The Morgan fingerprint density at radius 2 is 2.30 bits per heavy atom. The molecular formula is C15H22N2O3. The van der Waals surface area contributed by atoms with Gasteiger partial charge in [0.15, 0.2) is 0 Å². The van der Waals surface area contributed by atoms with Crippen LogP contribution in [-0.4, -0.2) is 37.3 Å². The zero-order valence-corrected chi connectivity index (χ0v) is 12.2. The molecule has 0 aliphatic carbocycles. The number of hydrogen-bond acceptors (Lipinski definition) is 4. The molecule has 2 N–H and O–H groups in total.